The summed E-state index contributed by atoms with van der Waals surface area (Å²) in [5, 5.41) is 10.4. The first-order valence-electron chi connectivity index (χ1n) is 5.60. The van der Waals surface area contributed by atoms with Crippen molar-refractivity contribution in [2.75, 3.05) is 0 Å². The molecule has 0 bridgehead atoms. The number of halogens is 3. The van der Waals surface area contributed by atoms with E-state index in [1.807, 2.05) is 0 Å². The topological polar surface area (TPSA) is 63.3 Å². The third-order valence-corrected chi connectivity index (χ3v) is 2.95. The highest BCUT2D eigenvalue weighted by molar-refractivity contribution is 5.88. The second kappa shape index (κ2) is 4.97. The molecule has 0 saturated carbocycles. The zero-order valence-electron chi connectivity index (χ0n) is 10.1. The zero-order valence-corrected chi connectivity index (χ0v) is 10.1. The summed E-state index contributed by atoms with van der Waals surface area (Å²) in [7, 11) is 0. The van der Waals surface area contributed by atoms with E-state index in [4.69, 9.17) is 5.73 Å². The molecule has 1 amide bonds. The molecule has 1 atom stereocenters. The smallest absolute Gasteiger partial charge is 0.259 e. The molecule has 0 spiro atoms. The van der Waals surface area contributed by atoms with Crippen LogP contribution >= 0.6 is 0 Å². The molecule has 20 heavy (non-hydrogen) atoms. The Kier molecular flexibility index (Phi) is 3.50. The number of carbonyl (C=O) groups excluding carboxylic acids is 1. The van der Waals surface area contributed by atoms with E-state index in [2.05, 4.69) is 0 Å². The fourth-order valence-corrected chi connectivity index (χ4v) is 1.95. The third kappa shape index (κ3) is 2.04. The third-order valence-electron chi connectivity index (χ3n) is 2.95. The first-order chi connectivity index (χ1) is 9.39. The highest BCUT2D eigenvalue weighted by Gasteiger charge is 2.43. The molecule has 0 aliphatic rings. The number of carbonyl (C=O) groups is 1. The van der Waals surface area contributed by atoms with Gasteiger partial charge < -0.3 is 10.8 Å². The molecule has 104 valence electrons. The maximum absolute atomic E-state index is 13.8. The van der Waals surface area contributed by atoms with Gasteiger partial charge in [0.1, 0.15) is 5.82 Å². The van der Waals surface area contributed by atoms with E-state index in [9.17, 15) is 23.1 Å². The molecule has 0 aliphatic carbocycles. The number of primary amides is 1. The molecule has 3 nitrogen and oxygen atoms in total. The van der Waals surface area contributed by atoms with Crippen molar-refractivity contribution in [3.8, 4) is 0 Å². The van der Waals surface area contributed by atoms with Crippen LogP contribution in [0.4, 0.5) is 13.2 Å². The summed E-state index contributed by atoms with van der Waals surface area (Å²) in [5.74, 6) is -5.73. The number of rotatable bonds is 3. The first kappa shape index (κ1) is 14.1. The van der Waals surface area contributed by atoms with Crippen molar-refractivity contribution < 1.29 is 23.1 Å². The summed E-state index contributed by atoms with van der Waals surface area (Å²) < 4.78 is 40.9. The van der Waals surface area contributed by atoms with Gasteiger partial charge in [0.2, 0.25) is 0 Å². The molecule has 0 heterocycles. The highest BCUT2D eigenvalue weighted by Crippen LogP contribution is 2.34. The van der Waals surface area contributed by atoms with Crippen molar-refractivity contribution >= 4 is 5.91 Å². The lowest BCUT2D eigenvalue weighted by Crippen LogP contribution is -2.43. The van der Waals surface area contributed by atoms with Gasteiger partial charge in [-0.3, -0.25) is 4.79 Å². The van der Waals surface area contributed by atoms with Gasteiger partial charge in [-0.05, 0) is 17.7 Å². The molecule has 2 aromatic carbocycles. The van der Waals surface area contributed by atoms with Gasteiger partial charge in [-0.1, -0.05) is 30.3 Å². The van der Waals surface area contributed by atoms with E-state index in [-0.39, 0.29) is 5.56 Å². The molecule has 6 heteroatoms. The van der Waals surface area contributed by atoms with Gasteiger partial charge in [0.15, 0.2) is 17.2 Å². The number of hydrogen-bond acceptors (Lipinski definition) is 2. The molecule has 0 fully saturated rings. The maximum Gasteiger partial charge on any atom is 0.259 e. The monoisotopic (exact) mass is 281 g/mol. The molecular weight excluding hydrogens is 271 g/mol. The van der Waals surface area contributed by atoms with E-state index >= 15 is 0 Å². The lowest BCUT2D eigenvalue weighted by atomic mass is 9.85. The van der Waals surface area contributed by atoms with E-state index in [1.54, 1.807) is 6.07 Å². The molecule has 1 unspecified atom stereocenters. The van der Waals surface area contributed by atoms with Crippen molar-refractivity contribution in [3.63, 3.8) is 0 Å². The lowest BCUT2D eigenvalue weighted by Gasteiger charge is -2.26. The number of aliphatic hydroxyl groups is 1. The Labute approximate surface area is 112 Å². The van der Waals surface area contributed by atoms with Gasteiger partial charge in [0.25, 0.3) is 5.91 Å². The van der Waals surface area contributed by atoms with E-state index < -0.39 is 34.5 Å². The zero-order chi connectivity index (χ0) is 14.9. The van der Waals surface area contributed by atoms with Crippen LogP contribution in [0.3, 0.4) is 0 Å². The Hall–Kier alpha value is -2.34. The molecule has 0 radical (unpaired) electrons. The van der Waals surface area contributed by atoms with E-state index in [0.717, 1.165) is 0 Å². The molecule has 0 aliphatic heterocycles. The van der Waals surface area contributed by atoms with Gasteiger partial charge in [-0.2, -0.15) is 0 Å². The van der Waals surface area contributed by atoms with Crippen LogP contribution in [0.5, 0.6) is 0 Å². The summed E-state index contributed by atoms with van der Waals surface area (Å²) in [6, 6.07) is 8.15. The SMILES string of the molecule is NC(=O)C(O)(c1ccccc1)c1c(F)ccc(F)c1F. The molecule has 2 aromatic rings. The van der Waals surface area contributed by atoms with Crippen molar-refractivity contribution in [1.29, 1.82) is 0 Å². The Balaban J connectivity index is 2.80. The van der Waals surface area contributed by atoms with E-state index in [1.165, 1.54) is 24.3 Å². The predicted molar refractivity (Wildman–Crippen MR) is 65.0 cm³/mol. The minimum Gasteiger partial charge on any atom is -0.372 e. The van der Waals surface area contributed by atoms with Crippen LogP contribution < -0.4 is 5.73 Å². The van der Waals surface area contributed by atoms with Gasteiger partial charge in [-0.15, -0.1) is 0 Å². The van der Waals surface area contributed by atoms with Crippen LogP contribution in [0.1, 0.15) is 11.1 Å². The minimum atomic E-state index is -2.79. The summed E-state index contributed by atoms with van der Waals surface area (Å²) >= 11 is 0. The van der Waals surface area contributed by atoms with Crippen LogP contribution in [0.2, 0.25) is 0 Å². The van der Waals surface area contributed by atoms with Crippen molar-refractivity contribution in [2.45, 2.75) is 5.60 Å². The standard InChI is InChI=1S/C14H10F3NO2/c15-9-6-7-10(16)12(17)11(9)14(20,13(18)19)8-4-2-1-3-5-8/h1-7,20H,(H2,18,19). The summed E-state index contributed by atoms with van der Waals surface area (Å²) in [5.41, 5.74) is 0.999. The van der Waals surface area contributed by atoms with Gasteiger partial charge in [0.05, 0.1) is 5.56 Å². The molecule has 0 aromatic heterocycles. The molecule has 0 saturated heterocycles. The Morgan fingerprint density at radius 3 is 2.10 bits per heavy atom. The average molecular weight is 281 g/mol. The van der Waals surface area contributed by atoms with E-state index in [0.29, 0.717) is 12.1 Å². The Bertz CT molecular complexity index is 661. The lowest BCUT2D eigenvalue weighted by molar-refractivity contribution is -0.133. The van der Waals surface area contributed by atoms with Gasteiger partial charge >= 0.3 is 0 Å². The van der Waals surface area contributed by atoms with Crippen molar-refractivity contribution in [1.82, 2.24) is 0 Å². The average Bonchev–Trinajstić information content (AvgIpc) is 2.44. The number of nitrogens with two attached hydrogens (primary N) is 1. The minimum absolute atomic E-state index is 0.157. The van der Waals surface area contributed by atoms with Crippen LogP contribution in [0.15, 0.2) is 42.5 Å². The molecule has 3 N–H and O–H groups in total. The summed E-state index contributed by atoms with van der Waals surface area (Å²) in [6.07, 6.45) is 0. The van der Waals surface area contributed by atoms with Gasteiger partial charge in [-0.25, -0.2) is 13.2 Å². The second-order valence-electron chi connectivity index (χ2n) is 4.16. The maximum atomic E-state index is 13.8. The van der Waals surface area contributed by atoms with Crippen molar-refractivity contribution in [3.05, 3.63) is 71.0 Å². The second-order valence-corrected chi connectivity index (χ2v) is 4.16. The Morgan fingerprint density at radius 1 is 1.00 bits per heavy atom. The summed E-state index contributed by atoms with van der Waals surface area (Å²) in [6.45, 7) is 0. The number of benzene rings is 2. The fourth-order valence-electron chi connectivity index (χ4n) is 1.95. The van der Waals surface area contributed by atoms with Crippen LogP contribution in [0.25, 0.3) is 0 Å². The first-order valence-corrected chi connectivity index (χ1v) is 5.60. The summed E-state index contributed by atoms with van der Waals surface area (Å²) in [4.78, 5) is 11.6. The number of hydrogen-bond donors (Lipinski definition) is 2. The van der Waals surface area contributed by atoms with Crippen LogP contribution in [0, 0.1) is 17.5 Å². The quantitative estimate of drug-likeness (QED) is 0.843. The fraction of sp³-hybridized carbons (Fsp3) is 0.0714. The number of amides is 1. The van der Waals surface area contributed by atoms with Crippen molar-refractivity contribution in [2.24, 2.45) is 5.73 Å². The van der Waals surface area contributed by atoms with Crippen LogP contribution in [-0.2, 0) is 10.4 Å². The molecular formula is C14H10F3NO2. The Morgan fingerprint density at radius 2 is 1.55 bits per heavy atom. The molecule has 2 rings (SSSR count). The normalized spacial score (nSPS) is 13.8. The van der Waals surface area contributed by atoms with Gasteiger partial charge in [0, 0.05) is 0 Å². The predicted octanol–water partition coefficient (Wildman–Crippen LogP) is 1.83. The van der Waals surface area contributed by atoms with Crippen LogP contribution in [-0.4, -0.2) is 11.0 Å². The highest BCUT2D eigenvalue weighted by atomic mass is 19.2. The largest absolute Gasteiger partial charge is 0.372 e.